The summed E-state index contributed by atoms with van der Waals surface area (Å²) < 4.78 is 15.7. The third kappa shape index (κ3) is 5.99. The maximum absolute atomic E-state index is 13.9. The minimum atomic E-state index is -0.157. The number of carbonyl (C=O) groups is 1. The largest absolute Gasteiger partial charge is 0.310 e. The lowest BCUT2D eigenvalue weighted by Gasteiger charge is -2.21. The van der Waals surface area contributed by atoms with Crippen molar-refractivity contribution in [3.8, 4) is 0 Å². The minimum absolute atomic E-state index is 0.0441. The van der Waals surface area contributed by atoms with E-state index in [2.05, 4.69) is 20.2 Å². The van der Waals surface area contributed by atoms with Crippen LogP contribution in [0, 0.1) is 5.82 Å². The minimum Gasteiger partial charge on any atom is -0.310 e. The zero-order valence-electron chi connectivity index (χ0n) is 17.6. The van der Waals surface area contributed by atoms with Crippen LogP contribution < -0.4 is 5.32 Å². The summed E-state index contributed by atoms with van der Waals surface area (Å²) in [5.41, 5.74) is 1.85. The SMILES string of the molecule is O=C(CN1CCCN(Cc2ccccc2F)CC1)Nc1ccnn1Cc1ccccc1. The second kappa shape index (κ2) is 10.3. The molecule has 0 radical (unpaired) electrons. The quantitative estimate of drug-likeness (QED) is 0.637. The molecule has 6 nitrogen and oxygen atoms in total. The van der Waals surface area contributed by atoms with Gasteiger partial charge in [0.05, 0.1) is 19.3 Å². The molecular formula is C24H28FN5O. The Labute approximate surface area is 182 Å². The number of aromatic nitrogens is 2. The number of amides is 1. The van der Waals surface area contributed by atoms with Crippen LogP contribution in [-0.2, 0) is 17.9 Å². The first-order chi connectivity index (χ1) is 15.2. The number of anilines is 1. The van der Waals surface area contributed by atoms with Crippen LogP contribution >= 0.6 is 0 Å². The second-order valence-corrected chi connectivity index (χ2v) is 7.91. The van der Waals surface area contributed by atoms with Gasteiger partial charge in [0.1, 0.15) is 11.6 Å². The van der Waals surface area contributed by atoms with Crippen molar-refractivity contribution in [1.29, 1.82) is 0 Å². The van der Waals surface area contributed by atoms with Gasteiger partial charge in [-0.3, -0.25) is 14.6 Å². The van der Waals surface area contributed by atoms with Crippen LogP contribution in [0.3, 0.4) is 0 Å². The van der Waals surface area contributed by atoms with Crippen molar-refractivity contribution in [3.05, 3.63) is 83.8 Å². The molecule has 0 aliphatic carbocycles. The van der Waals surface area contributed by atoms with Gasteiger partial charge in [0.25, 0.3) is 0 Å². The molecular weight excluding hydrogens is 393 g/mol. The molecule has 1 amide bonds. The molecule has 2 heterocycles. The number of rotatable bonds is 7. The topological polar surface area (TPSA) is 53.4 Å². The molecule has 2 aromatic carbocycles. The van der Waals surface area contributed by atoms with E-state index in [9.17, 15) is 9.18 Å². The van der Waals surface area contributed by atoms with Gasteiger partial charge in [-0.05, 0) is 31.1 Å². The van der Waals surface area contributed by atoms with Crippen molar-refractivity contribution in [1.82, 2.24) is 19.6 Å². The van der Waals surface area contributed by atoms with Gasteiger partial charge in [-0.15, -0.1) is 0 Å². The highest BCUT2D eigenvalue weighted by Gasteiger charge is 2.18. The fraction of sp³-hybridized carbons (Fsp3) is 0.333. The fourth-order valence-corrected chi connectivity index (χ4v) is 3.91. The van der Waals surface area contributed by atoms with E-state index >= 15 is 0 Å². The number of halogens is 1. The molecule has 4 rings (SSSR count). The highest BCUT2D eigenvalue weighted by atomic mass is 19.1. The number of hydrogen-bond donors (Lipinski definition) is 1. The summed E-state index contributed by atoms with van der Waals surface area (Å²) in [7, 11) is 0. The van der Waals surface area contributed by atoms with Crippen molar-refractivity contribution in [2.24, 2.45) is 0 Å². The van der Waals surface area contributed by atoms with Gasteiger partial charge in [0, 0.05) is 31.3 Å². The van der Waals surface area contributed by atoms with E-state index in [0.29, 0.717) is 25.5 Å². The van der Waals surface area contributed by atoms with E-state index in [1.165, 1.54) is 6.07 Å². The third-order valence-corrected chi connectivity index (χ3v) is 5.56. The Morgan fingerprint density at radius 3 is 2.48 bits per heavy atom. The number of nitrogens with zero attached hydrogens (tertiary/aromatic N) is 4. The molecule has 1 aliphatic heterocycles. The molecule has 1 saturated heterocycles. The van der Waals surface area contributed by atoms with Crippen molar-refractivity contribution >= 4 is 11.7 Å². The average molecular weight is 422 g/mol. The van der Waals surface area contributed by atoms with E-state index < -0.39 is 0 Å². The van der Waals surface area contributed by atoms with Gasteiger partial charge in [-0.25, -0.2) is 9.07 Å². The standard InChI is InChI=1S/C24H28FN5O/c25-22-10-5-4-9-21(22)18-28-13-6-14-29(16-15-28)19-24(31)27-23-11-12-26-30(23)17-20-7-2-1-3-8-20/h1-5,7-12H,6,13-19H2,(H,27,31). The Kier molecular flexibility index (Phi) is 7.07. The smallest absolute Gasteiger partial charge is 0.239 e. The highest BCUT2D eigenvalue weighted by molar-refractivity contribution is 5.91. The predicted molar refractivity (Wildman–Crippen MR) is 119 cm³/mol. The lowest BCUT2D eigenvalue weighted by atomic mass is 10.2. The van der Waals surface area contributed by atoms with Crippen LogP contribution in [0.1, 0.15) is 17.5 Å². The van der Waals surface area contributed by atoms with E-state index in [-0.39, 0.29) is 11.7 Å². The van der Waals surface area contributed by atoms with Crippen molar-refractivity contribution in [2.45, 2.75) is 19.5 Å². The van der Waals surface area contributed by atoms with Gasteiger partial charge < -0.3 is 5.32 Å². The molecule has 162 valence electrons. The fourth-order valence-electron chi connectivity index (χ4n) is 3.91. The Morgan fingerprint density at radius 2 is 1.65 bits per heavy atom. The first kappa shape index (κ1) is 21.2. The summed E-state index contributed by atoms with van der Waals surface area (Å²) in [6.45, 7) is 4.90. The van der Waals surface area contributed by atoms with Crippen molar-refractivity contribution in [3.63, 3.8) is 0 Å². The van der Waals surface area contributed by atoms with Crippen molar-refractivity contribution in [2.75, 3.05) is 38.0 Å². The number of carbonyl (C=O) groups excluding carboxylic acids is 1. The summed E-state index contributed by atoms with van der Waals surface area (Å²) in [6.07, 6.45) is 2.65. The molecule has 0 saturated carbocycles. The van der Waals surface area contributed by atoms with Crippen LogP contribution in [0.15, 0.2) is 66.9 Å². The third-order valence-electron chi connectivity index (χ3n) is 5.56. The van der Waals surface area contributed by atoms with Gasteiger partial charge in [-0.2, -0.15) is 5.10 Å². The Morgan fingerprint density at radius 1 is 0.903 bits per heavy atom. The van der Waals surface area contributed by atoms with E-state index in [0.717, 1.165) is 43.7 Å². The van der Waals surface area contributed by atoms with E-state index in [4.69, 9.17) is 0 Å². The van der Waals surface area contributed by atoms with Gasteiger partial charge in [-0.1, -0.05) is 48.5 Å². The Balaban J connectivity index is 1.28. The summed E-state index contributed by atoms with van der Waals surface area (Å²) in [5.74, 6) is 0.498. The molecule has 0 spiro atoms. The predicted octanol–water partition coefficient (Wildman–Crippen LogP) is 3.22. The van der Waals surface area contributed by atoms with Gasteiger partial charge >= 0.3 is 0 Å². The molecule has 1 aliphatic rings. The summed E-state index contributed by atoms with van der Waals surface area (Å²) in [6, 6.07) is 18.8. The lowest BCUT2D eigenvalue weighted by molar-refractivity contribution is -0.117. The van der Waals surface area contributed by atoms with Crippen LogP contribution in [0.25, 0.3) is 0 Å². The molecule has 0 atom stereocenters. The lowest BCUT2D eigenvalue weighted by Crippen LogP contribution is -2.36. The Bertz CT molecular complexity index is 990. The number of benzene rings is 2. The monoisotopic (exact) mass is 421 g/mol. The summed E-state index contributed by atoms with van der Waals surface area (Å²) in [4.78, 5) is 17.1. The van der Waals surface area contributed by atoms with E-state index in [1.54, 1.807) is 16.9 Å². The molecule has 1 fully saturated rings. The van der Waals surface area contributed by atoms with Crippen LogP contribution in [0.4, 0.5) is 10.2 Å². The van der Waals surface area contributed by atoms with Crippen molar-refractivity contribution < 1.29 is 9.18 Å². The van der Waals surface area contributed by atoms with E-state index in [1.807, 2.05) is 48.5 Å². The zero-order valence-corrected chi connectivity index (χ0v) is 17.6. The number of hydrogen-bond acceptors (Lipinski definition) is 4. The number of nitrogens with one attached hydrogen (secondary N) is 1. The molecule has 1 N–H and O–H groups in total. The van der Waals surface area contributed by atoms with Crippen LogP contribution in [0.2, 0.25) is 0 Å². The first-order valence-electron chi connectivity index (χ1n) is 10.7. The maximum Gasteiger partial charge on any atom is 0.239 e. The average Bonchev–Trinajstić information content (AvgIpc) is 3.07. The van der Waals surface area contributed by atoms with Gasteiger partial charge in [0.2, 0.25) is 5.91 Å². The summed E-state index contributed by atoms with van der Waals surface area (Å²) in [5, 5.41) is 7.33. The normalized spacial score (nSPS) is 15.5. The van der Waals surface area contributed by atoms with Gasteiger partial charge in [0.15, 0.2) is 0 Å². The molecule has 1 aromatic heterocycles. The first-order valence-corrected chi connectivity index (χ1v) is 10.7. The van der Waals surface area contributed by atoms with Crippen LogP contribution in [0.5, 0.6) is 0 Å². The Hall–Kier alpha value is -3.03. The molecule has 0 unspecified atom stereocenters. The van der Waals surface area contributed by atoms with Crippen LogP contribution in [-0.4, -0.2) is 58.2 Å². The molecule has 7 heteroatoms. The molecule has 31 heavy (non-hydrogen) atoms. The highest BCUT2D eigenvalue weighted by Crippen LogP contribution is 2.13. The molecule has 3 aromatic rings. The second-order valence-electron chi connectivity index (χ2n) is 7.91. The zero-order chi connectivity index (χ0) is 21.5. The maximum atomic E-state index is 13.9. The molecule has 0 bridgehead atoms. The summed E-state index contributed by atoms with van der Waals surface area (Å²) >= 11 is 0.